The van der Waals surface area contributed by atoms with E-state index in [1.54, 1.807) is 0 Å². The third kappa shape index (κ3) is 2.21. The van der Waals surface area contributed by atoms with Crippen molar-refractivity contribution in [1.29, 1.82) is 0 Å². The zero-order valence-electron chi connectivity index (χ0n) is 7.46. The number of esters is 1. The quantitative estimate of drug-likeness (QED) is 0.571. The van der Waals surface area contributed by atoms with E-state index in [1.807, 2.05) is 6.92 Å². The lowest BCUT2D eigenvalue weighted by atomic mass is 10.0. The van der Waals surface area contributed by atoms with Crippen LogP contribution in [0.3, 0.4) is 0 Å². The predicted molar refractivity (Wildman–Crippen MR) is 43.1 cm³/mol. The summed E-state index contributed by atoms with van der Waals surface area (Å²) in [5.41, 5.74) is 0. The molecule has 0 N–H and O–H groups in total. The van der Waals surface area contributed by atoms with Crippen molar-refractivity contribution >= 4 is 5.97 Å². The molecule has 0 saturated carbocycles. The molecule has 0 amide bonds. The second kappa shape index (κ2) is 3.24. The van der Waals surface area contributed by atoms with Gasteiger partial charge in [0.1, 0.15) is 6.10 Å². The summed E-state index contributed by atoms with van der Waals surface area (Å²) in [6.45, 7) is 6.23. The van der Waals surface area contributed by atoms with Crippen molar-refractivity contribution in [3.05, 3.63) is 0 Å². The van der Waals surface area contributed by atoms with Crippen molar-refractivity contribution in [2.24, 2.45) is 11.8 Å². The van der Waals surface area contributed by atoms with Gasteiger partial charge in [0.25, 0.3) is 0 Å². The summed E-state index contributed by atoms with van der Waals surface area (Å²) < 4.78 is 5.15. The van der Waals surface area contributed by atoms with Crippen LogP contribution in [0.2, 0.25) is 0 Å². The lowest BCUT2D eigenvalue weighted by Gasteiger charge is -2.10. The van der Waals surface area contributed by atoms with Gasteiger partial charge < -0.3 is 4.74 Å². The molecule has 1 aliphatic rings. The Bertz CT molecular complexity index is 152. The largest absolute Gasteiger partial charge is 0.462 e. The Balaban J connectivity index is 2.35. The predicted octanol–water partition coefficient (Wildman–Crippen LogP) is 1.98. The first kappa shape index (κ1) is 8.57. The van der Waals surface area contributed by atoms with Gasteiger partial charge in [-0.25, -0.2) is 0 Å². The van der Waals surface area contributed by atoms with E-state index in [9.17, 15) is 4.79 Å². The SMILES string of the molecule is CC(C)CC1CC(C)C(=O)O1. The molecule has 2 atom stereocenters. The molecule has 64 valence electrons. The van der Waals surface area contributed by atoms with Gasteiger partial charge in [0, 0.05) is 0 Å². The molecular weight excluding hydrogens is 140 g/mol. The zero-order chi connectivity index (χ0) is 8.43. The summed E-state index contributed by atoms with van der Waals surface area (Å²) >= 11 is 0. The van der Waals surface area contributed by atoms with Crippen LogP contribution in [-0.4, -0.2) is 12.1 Å². The van der Waals surface area contributed by atoms with Crippen molar-refractivity contribution in [3.8, 4) is 0 Å². The molecule has 1 fully saturated rings. The average molecular weight is 156 g/mol. The summed E-state index contributed by atoms with van der Waals surface area (Å²) in [5.74, 6) is 0.729. The third-order valence-corrected chi connectivity index (χ3v) is 2.04. The van der Waals surface area contributed by atoms with Crippen LogP contribution in [0.15, 0.2) is 0 Å². The molecule has 0 aromatic heterocycles. The Morgan fingerprint density at radius 3 is 2.64 bits per heavy atom. The minimum absolute atomic E-state index is 0.0179. The lowest BCUT2D eigenvalue weighted by molar-refractivity contribution is -0.144. The highest BCUT2D eigenvalue weighted by Gasteiger charge is 2.30. The molecule has 1 saturated heterocycles. The molecule has 0 aromatic carbocycles. The van der Waals surface area contributed by atoms with Gasteiger partial charge >= 0.3 is 5.97 Å². The molecule has 2 heteroatoms. The molecule has 1 aliphatic heterocycles. The number of cyclic esters (lactones) is 1. The van der Waals surface area contributed by atoms with E-state index in [2.05, 4.69) is 13.8 Å². The van der Waals surface area contributed by atoms with Crippen LogP contribution in [0.5, 0.6) is 0 Å². The minimum Gasteiger partial charge on any atom is -0.462 e. The summed E-state index contributed by atoms with van der Waals surface area (Å²) in [4.78, 5) is 10.9. The standard InChI is InChI=1S/C9H16O2/c1-6(2)4-8-5-7(3)9(10)11-8/h6-8H,4-5H2,1-3H3. The highest BCUT2D eigenvalue weighted by Crippen LogP contribution is 2.24. The fourth-order valence-electron chi connectivity index (χ4n) is 1.49. The van der Waals surface area contributed by atoms with Crippen LogP contribution in [0.4, 0.5) is 0 Å². The maximum absolute atomic E-state index is 10.9. The fourth-order valence-corrected chi connectivity index (χ4v) is 1.49. The Labute approximate surface area is 67.9 Å². The van der Waals surface area contributed by atoms with Gasteiger partial charge in [-0.2, -0.15) is 0 Å². The van der Waals surface area contributed by atoms with Crippen LogP contribution in [0, 0.1) is 11.8 Å². The van der Waals surface area contributed by atoms with Gasteiger partial charge in [-0.3, -0.25) is 4.79 Å². The van der Waals surface area contributed by atoms with Gasteiger partial charge in [-0.15, -0.1) is 0 Å². The van der Waals surface area contributed by atoms with Gasteiger partial charge in [0.2, 0.25) is 0 Å². The van der Waals surface area contributed by atoms with E-state index in [1.165, 1.54) is 0 Å². The molecular formula is C9H16O2. The molecule has 1 rings (SSSR count). The topological polar surface area (TPSA) is 26.3 Å². The van der Waals surface area contributed by atoms with Crippen molar-refractivity contribution in [1.82, 2.24) is 0 Å². The van der Waals surface area contributed by atoms with Crippen molar-refractivity contribution in [2.75, 3.05) is 0 Å². The first-order valence-corrected chi connectivity index (χ1v) is 4.30. The lowest BCUT2D eigenvalue weighted by Crippen LogP contribution is -2.09. The molecule has 2 nitrogen and oxygen atoms in total. The number of hydrogen-bond acceptors (Lipinski definition) is 2. The number of rotatable bonds is 2. The van der Waals surface area contributed by atoms with E-state index in [0.29, 0.717) is 5.92 Å². The number of carbonyl (C=O) groups is 1. The highest BCUT2D eigenvalue weighted by atomic mass is 16.5. The smallest absolute Gasteiger partial charge is 0.309 e. The Hall–Kier alpha value is -0.530. The van der Waals surface area contributed by atoms with Crippen LogP contribution >= 0.6 is 0 Å². The molecule has 0 aliphatic carbocycles. The van der Waals surface area contributed by atoms with Crippen LogP contribution in [-0.2, 0) is 9.53 Å². The van der Waals surface area contributed by atoms with E-state index in [4.69, 9.17) is 4.74 Å². The number of hydrogen-bond donors (Lipinski definition) is 0. The average Bonchev–Trinajstić information content (AvgIpc) is 2.10. The normalized spacial score (nSPS) is 31.1. The molecule has 0 radical (unpaired) electrons. The van der Waals surface area contributed by atoms with Crippen molar-refractivity contribution < 1.29 is 9.53 Å². The Kier molecular flexibility index (Phi) is 2.53. The van der Waals surface area contributed by atoms with Crippen LogP contribution < -0.4 is 0 Å². The van der Waals surface area contributed by atoms with Gasteiger partial charge in [0.05, 0.1) is 5.92 Å². The zero-order valence-corrected chi connectivity index (χ0v) is 7.46. The minimum atomic E-state index is -0.0179. The van der Waals surface area contributed by atoms with Gasteiger partial charge in [0.15, 0.2) is 0 Å². The fraction of sp³-hybridized carbons (Fsp3) is 0.889. The highest BCUT2D eigenvalue weighted by molar-refractivity contribution is 5.74. The summed E-state index contributed by atoms with van der Waals surface area (Å²) in [5, 5.41) is 0. The van der Waals surface area contributed by atoms with E-state index >= 15 is 0 Å². The third-order valence-electron chi connectivity index (χ3n) is 2.04. The van der Waals surface area contributed by atoms with Crippen molar-refractivity contribution in [2.45, 2.75) is 39.7 Å². The van der Waals surface area contributed by atoms with Crippen LogP contribution in [0.25, 0.3) is 0 Å². The van der Waals surface area contributed by atoms with E-state index in [-0.39, 0.29) is 18.0 Å². The molecule has 0 bridgehead atoms. The van der Waals surface area contributed by atoms with Gasteiger partial charge in [-0.05, 0) is 18.8 Å². The number of carbonyl (C=O) groups excluding carboxylic acids is 1. The van der Waals surface area contributed by atoms with Gasteiger partial charge in [-0.1, -0.05) is 20.8 Å². The maximum atomic E-state index is 10.9. The second-order valence-electron chi connectivity index (χ2n) is 3.83. The molecule has 11 heavy (non-hydrogen) atoms. The summed E-state index contributed by atoms with van der Waals surface area (Å²) in [6, 6.07) is 0. The Morgan fingerprint density at radius 1 is 1.64 bits per heavy atom. The monoisotopic (exact) mass is 156 g/mol. The summed E-state index contributed by atoms with van der Waals surface area (Å²) in [6.07, 6.45) is 2.12. The number of ether oxygens (including phenoxy) is 1. The van der Waals surface area contributed by atoms with Crippen LogP contribution in [0.1, 0.15) is 33.6 Å². The van der Waals surface area contributed by atoms with Crippen molar-refractivity contribution in [3.63, 3.8) is 0 Å². The molecule has 0 spiro atoms. The first-order chi connectivity index (χ1) is 5.09. The second-order valence-corrected chi connectivity index (χ2v) is 3.83. The first-order valence-electron chi connectivity index (χ1n) is 4.30. The molecule has 0 aromatic rings. The van der Waals surface area contributed by atoms with E-state index < -0.39 is 0 Å². The van der Waals surface area contributed by atoms with E-state index in [0.717, 1.165) is 12.8 Å². The molecule has 2 unspecified atom stereocenters. The Morgan fingerprint density at radius 2 is 2.27 bits per heavy atom. The molecule has 1 heterocycles. The maximum Gasteiger partial charge on any atom is 0.309 e. The summed E-state index contributed by atoms with van der Waals surface area (Å²) in [7, 11) is 0.